The first kappa shape index (κ1) is 16.7. The van der Waals surface area contributed by atoms with Crippen molar-refractivity contribution in [2.75, 3.05) is 12.9 Å². The van der Waals surface area contributed by atoms with Gasteiger partial charge in [-0.3, -0.25) is 9.00 Å². The molecule has 1 N–H and O–H groups in total. The van der Waals surface area contributed by atoms with E-state index < -0.39 is 10.8 Å². The summed E-state index contributed by atoms with van der Waals surface area (Å²) in [6.07, 6.45) is 2.04. The van der Waals surface area contributed by atoms with E-state index in [2.05, 4.69) is 10.3 Å². The average Bonchev–Trinajstić information content (AvgIpc) is 3.29. The molecule has 0 spiro atoms. The van der Waals surface area contributed by atoms with Crippen LogP contribution in [0.15, 0.2) is 28.7 Å². The number of carbonyl (C=O) groups excluding carboxylic acids is 1. The zero-order chi connectivity index (χ0) is 17.1. The van der Waals surface area contributed by atoms with E-state index in [1.165, 1.54) is 0 Å². The van der Waals surface area contributed by atoms with E-state index in [9.17, 15) is 9.00 Å². The molecule has 3 rings (SSSR count). The topological polar surface area (TPSA) is 81.4 Å². The smallest absolute Gasteiger partial charge is 0.232 e. The predicted molar refractivity (Wildman–Crippen MR) is 91.1 cm³/mol. The molecule has 1 aromatic heterocycles. The van der Waals surface area contributed by atoms with Crippen molar-refractivity contribution in [3.8, 4) is 17.2 Å². The third kappa shape index (κ3) is 4.23. The fraction of sp³-hybridized carbons (Fsp3) is 0.412. The number of methoxy groups -OCH3 is 1. The maximum atomic E-state index is 12.2. The first-order chi connectivity index (χ1) is 11.5. The Kier molecular flexibility index (Phi) is 4.99. The zero-order valence-corrected chi connectivity index (χ0v) is 14.5. The minimum absolute atomic E-state index is 0.000664. The molecule has 6 nitrogen and oxygen atoms in total. The van der Waals surface area contributed by atoms with Gasteiger partial charge in [-0.2, -0.15) is 0 Å². The molecular formula is C17H20N2O4S. The fourth-order valence-electron chi connectivity index (χ4n) is 2.27. The van der Waals surface area contributed by atoms with Crippen LogP contribution in [-0.4, -0.2) is 34.0 Å². The Morgan fingerprint density at radius 1 is 1.38 bits per heavy atom. The summed E-state index contributed by atoms with van der Waals surface area (Å²) in [7, 11) is 0.306. The number of ether oxygens (including phenoxy) is 1. The summed E-state index contributed by atoms with van der Waals surface area (Å²) < 4.78 is 23.0. The standard InChI is InChI=1S/C17H20N2O4S/c1-11-15(9-24(21)10-16(20)18-13-5-6-13)19-17(23-11)12-3-7-14(22-2)8-4-12/h3-4,7-8,13H,5-6,9-10H2,1-2H3,(H,18,20). The van der Waals surface area contributed by atoms with Crippen LogP contribution in [0, 0.1) is 6.92 Å². The van der Waals surface area contributed by atoms with E-state index in [0.717, 1.165) is 24.2 Å². The largest absolute Gasteiger partial charge is 0.497 e. The highest BCUT2D eigenvalue weighted by molar-refractivity contribution is 7.84. The first-order valence-corrected chi connectivity index (χ1v) is 9.29. The molecule has 1 amide bonds. The number of hydrogen-bond acceptors (Lipinski definition) is 5. The Labute approximate surface area is 143 Å². The van der Waals surface area contributed by atoms with E-state index >= 15 is 0 Å². The Hall–Kier alpha value is -2.15. The van der Waals surface area contributed by atoms with Crippen LogP contribution >= 0.6 is 0 Å². The number of carbonyl (C=O) groups is 1. The first-order valence-electron chi connectivity index (χ1n) is 7.80. The second-order valence-corrected chi connectivity index (χ2v) is 7.28. The van der Waals surface area contributed by atoms with Crippen LogP contribution in [0.3, 0.4) is 0 Å². The molecule has 1 heterocycles. The summed E-state index contributed by atoms with van der Waals surface area (Å²) in [6.45, 7) is 1.79. The number of oxazole rings is 1. The Bertz CT molecular complexity index is 750. The number of aromatic nitrogens is 1. The molecule has 0 bridgehead atoms. The van der Waals surface area contributed by atoms with Crippen LogP contribution in [0.1, 0.15) is 24.3 Å². The summed E-state index contributed by atoms with van der Waals surface area (Å²) >= 11 is 0. The quantitative estimate of drug-likeness (QED) is 0.829. The molecule has 0 saturated heterocycles. The van der Waals surface area contributed by atoms with Crippen molar-refractivity contribution in [2.45, 2.75) is 31.6 Å². The van der Waals surface area contributed by atoms with Gasteiger partial charge in [-0.25, -0.2) is 4.98 Å². The Balaban J connectivity index is 1.64. The van der Waals surface area contributed by atoms with Crippen LogP contribution < -0.4 is 10.1 Å². The van der Waals surface area contributed by atoms with Crippen LogP contribution in [-0.2, 0) is 21.3 Å². The van der Waals surface area contributed by atoms with Gasteiger partial charge in [0, 0.05) is 22.4 Å². The maximum absolute atomic E-state index is 12.2. The summed E-state index contributed by atoms with van der Waals surface area (Å²) in [5.41, 5.74) is 1.45. The van der Waals surface area contributed by atoms with Crippen molar-refractivity contribution in [3.63, 3.8) is 0 Å². The molecule has 24 heavy (non-hydrogen) atoms. The maximum Gasteiger partial charge on any atom is 0.232 e. The molecule has 1 atom stereocenters. The van der Waals surface area contributed by atoms with Gasteiger partial charge < -0.3 is 14.5 Å². The lowest BCUT2D eigenvalue weighted by atomic mass is 10.2. The third-order valence-electron chi connectivity index (χ3n) is 3.76. The number of benzene rings is 1. The number of amides is 1. The van der Waals surface area contributed by atoms with Gasteiger partial charge in [-0.05, 0) is 44.0 Å². The van der Waals surface area contributed by atoms with Crippen LogP contribution in [0.2, 0.25) is 0 Å². The molecule has 1 saturated carbocycles. The summed E-state index contributed by atoms with van der Waals surface area (Å²) in [4.78, 5) is 16.1. The van der Waals surface area contributed by atoms with Crippen LogP contribution in [0.4, 0.5) is 0 Å². The predicted octanol–water partition coefficient (Wildman–Crippen LogP) is 2.19. The van der Waals surface area contributed by atoms with Gasteiger partial charge in [0.1, 0.15) is 17.3 Å². The molecule has 1 aromatic carbocycles. The number of nitrogens with zero attached hydrogens (tertiary/aromatic N) is 1. The summed E-state index contributed by atoms with van der Waals surface area (Å²) in [5.74, 6) is 1.91. The molecule has 0 radical (unpaired) electrons. The minimum Gasteiger partial charge on any atom is -0.497 e. The van der Waals surface area contributed by atoms with Gasteiger partial charge in [0.2, 0.25) is 11.8 Å². The van der Waals surface area contributed by atoms with E-state index in [0.29, 0.717) is 17.3 Å². The molecule has 1 fully saturated rings. The lowest BCUT2D eigenvalue weighted by Crippen LogP contribution is -2.30. The third-order valence-corrected chi connectivity index (χ3v) is 4.94. The van der Waals surface area contributed by atoms with Crippen molar-refractivity contribution in [1.29, 1.82) is 0 Å². The number of rotatable bonds is 7. The van der Waals surface area contributed by atoms with Crippen molar-refractivity contribution in [1.82, 2.24) is 10.3 Å². The van der Waals surface area contributed by atoms with Gasteiger partial charge in [0.05, 0.1) is 18.6 Å². The Morgan fingerprint density at radius 3 is 2.71 bits per heavy atom. The van der Waals surface area contributed by atoms with Crippen molar-refractivity contribution < 1.29 is 18.2 Å². The summed E-state index contributed by atoms with van der Waals surface area (Å²) in [6, 6.07) is 7.65. The van der Waals surface area contributed by atoms with Gasteiger partial charge in [-0.1, -0.05) is 0 Å². The molecule has 1 aliphatic carbocycles. The number of aryl methyl sites for hydroxylation is 1. The lowest BCUT2D eigenvalue weighted by molar-refractivity contribution is -0.118. The number of nitrogens with one attached hydrogen (secondary N) is 1. The Morgan fingerprint density at radius 2 is 2.08 bits per heavy atom. The van der Waals surface area contributed by atoms with Crippen LogP contribution in [0.25, 0.3) is 11.5 Å². The fourth-order valence-corrected chi connectivity index (χ4v) is 3.32. The van der Waals surface area contributed by atoms with E-state index in [4.69, 9.17) is 9.15 Å². The molecule has 128 valence electrons. The van der Waals surface area contributed by atoms with Gasteiger partial charge >= 0.3 is 0 Å². The van der Waals surface area contributed by atoms with Crippen LogP contribution in [0.5, 0.6) is 5.75 Å². The molecule has 1 unspecified atom stereocenters. The van der Waals surface area contributed by atoms with Gasteiger partial charge in [0.25, 0.3) is 0 Å². The molecular weight excluding hydrogens is 328 g/mol. The van der Waals surface area contributed by atoms with E-state index in [1.54, 1.807) is 14.0 Å². The number of hydrogen-bond donors (Lipinski definition) is 1. The van der Waals surface area contributed by atoms with E-state index in [1.807, 2.05) is 24.3 Å². The average molecular weight is 348 g/mol. The summed E-state index contributed by atoms with van der Waals surface area (Å²) in [5, 5.41) is 2.84. The minimum atomic E-state index is -1.30. The molecule has 0 aliphatic heterocycles. The van der Waals surface area contributed by atoms with E-state index in [-0.39, 0.29) is 23.5 Å². The van der Waals surface area contributed by atoms with Crippen molar-refractivity contribution in [2.24, 2.45) is 0 Å². The normalized spacial score (nSPS) is 15.1. The lowest BCUT2D eigenvalue weighted by Gasteiger charge is -2.02. The highest BCUT2D eigenvalue weighted by atomic mass is 32.2. The van der Waals surface area contributed by atoms with Crippen molar-refractivity contribution >= 4 is 16.7 Å². The van der Waals surface area contributed by atoms with Gasteiger partial charge in [-0.15, -0.1) is 0 Å². The molecule has 2 aromatic rings. The van der Waals surface area contributed by atoms with Gasteiger partial charge in [0.15, 0.2) is 0 Å². The second kappa shape index (κ2) is 7.17. The highest BCUT2D eigenvalue weighted by Gasteiger charge is 2.24. The molecule has 1 aliphatic rings. The highest BCUT2D eigenvalue weighted by Crippen LogP contribution is 2.24. The second-order valence-electron chi connectivity index (χ2n) is 5.82. The van der Waals surface area contributed by atoms with Crippen molar-refractivity contribution in [3.05, 3.63) is 35.7 Å². The zero-order valence-electron chi connectivity index (χ0n) is 13.7. The molecule has 7 heteroatoms. The SMILES string of the molecule is COc1ccc(-c2nc(CS(=O)CC(=O)NC3CC3)c(C)o2)cc1. The monoisotopic (exact) mass is 348 g/mol.